The highest BCUT2D eigenvalue weighted by molar-refractivity contribution is 7.16. The van der Waals surface area contributed by atoms with Crippen LogP contribution in [-0.2, 0) is 0 Å². The molecule has 0 aliphatic rings. The molecule has 3 nitrogen and oxygen atoms in total. The Morgan fingerprint density at radius 3 is 2.29 bits per heavy atom. The van der Waals surface area contributed by atoms with Crippen LogP contribution in [0, 0.1) is 13.8 Å². The van der Waals surface area contributed by atoms with Crippen molar-refractivity contribution in [3.8, 4) is 11.3 Å². The number of aromatic nitrogens is 1. The summed E-state index contributed by atoms with van der Waals surface area (Å²) in [7, 11) is 0. The quantitative estimate of drug-likeness (QED) is 0.674. The normalized spacial score (nSPS) is 10.4. The van der Waals surface area contributed by atoms with Crippen molar-refractivity contribution in [1.29, 1.82) is 0 Å². The zero-order valence-corrected chi connectivity index (χ0v) is 12.9. The molecule has 3 rings (SSSR count). The summed E-state index contributed by atoms with van der Waals surface area (Å²) in [5, 5.41) is 0.868. The van der Waals surface area contributed by atoms with Gasteiger partial charge in [0.05, 0.1) is 11.4 Å². The number of hydrazine groups is 1. The third-order valence-electron chi connectivity index (χ3n) is 3.21. The van der Waals surface area contributed by atoms with E-state index >= 15 is 0 Å². The number of hydrogen-bond donors (Lipinski definition) is 2. The number of rotatable bonds is 4. The molecule has 0 saturated heterocycles. The largest absolute Gasteiger partial charge is 0.299 e. The zero-order valence-electron chi connectivity index (χ0n) is 12.1. The number of para-hydroxylation sites is 1. The van der Waals surface area contributed by atoms with E-state index in [1.54, 1.807) is 11.3 Å². The van der Waals surface area contributed by atoms with Crippen molar-refractivity contribution in [2.45, 2.75) is 13.8 Å². The number of benzene rings is 2. The van der Waals surface area contributed by atoms with E-state index < -0.39 is 0 Å². The SMILES string of the molecule is Cc1ccc(-c2nc(NNc3ccccc3)sc2C)cc1. The Hall–Kier alpha value is -2.33. The monoisotopic (exact) mass is 295 g/mol. The molecule has 0 aliphatic carbocycles. The van der Waals surface area contributed by atoms with Gasteiger partial charge >= 0.3 is 0 Å². The predicted molar refractivity (Wildman–Crippen MR) is 90.7 cm³/mol. The molecule has 0 bridgehead atoms. The third-order valence-corrected chi connectivity index (χ3v) is 4.10. The van der Waals surface area contributed by atoms with Gasteiger partial charge in [-0.3, -0.25) is 10.9 Å². The van der Waals surface area contributed by atoms with Gasteiger partial charge in [0.15, 0.2) is 0 Å². The molecule has 4 heteroatoms. The van der Waals surface area contributed by atoms with Crippen molar-refractivity contribution in [1.82, 2.24) is 4.98 Å². The van der Waals surface area contributed by atoms with E-state index in [-0.39, 0.29) is 0 Å². The highest BCUT2D eigenvalue weighted by Crippen LogP contribution is 2.30. The van der Waals surface area contributed by atoms with E-state index in [0.29, 0.717) is 0 Å². The topological polar surface area (TPSA) is 37.0 Å². The lowest BCUT2D eigenvalue weighted by Crippen LogP contribution is -2.07. The van der Waals surface area contributed by atoms with Crippen LogP contribution >= 0.6 is 11.3 Å². The minimum absolute atomic E-state index is 0.868. The van der Waals surface area contributed by atoms with E-state index in [1.165, 1.54) is 10.4 Å². The number of aryl methyl sites for hydroxylation is 2. The first kappa shape index (κ1) is 13.6. The molecule has 21 heavy (non-hydrogen) atoms. The Labute approximate surface area is 128 Å². The van der Waals surface area contributed by atoms with Crippen LogP contribution in [0.5, 0.6) is 0 Å². The number of nitrogens with zero attached hydrogens (tertiary/aromatic N) is 1. The molecule has 0 radical (unpaired) electrons. The summed E-state index contributed by atoms with van der Waals surface area (Å²) in [4.78, 5) is 5.87. The van der Waals surface area contributed by atoms with Crippen LogP contribution in [0.1, 0.15) is 10.4 Å². The smallest absolute Gasteiger partial charge is 0.202 e. The van der Waals surface area contributed by atoms with Gasteiger partial charge < -0.3 is 0 Å². The molecule has 2 N–H and O–H groups in total. The maximum atomic E-state index is 4.67. The van der Waals surface area contributed by atoms with Gasteiger partial charge in [-0.2, -0.15) is 0 Å². The Balaban J connectivity index is 1.76. The van der Waals surface area contributed by atoms with Gasteiger partial charge in [-0.15, -0.1) is 11.3 Å². The molecule has 0 spiro atoms. The van der Waals surface area contributed by atoms with E-state index in [1.807, 2.05) is 30.3 Å². The molecule has 3 aromatic rings. The summed E-state index contributed by atoms with van der Waals surface area (Å²) in [6.45, 7) is 4.19. The molecule has 2 aromatic carbocycles. The molecule has 1 heterocycles. The molecule has 0 unspecified atom stereocenters. The van der Waals surface area contributed by atoms with Gasteiger partial charge in [-0.25, -0.2) is 4.98 Å². The van der Waals surface area contributed by atoms with Crippen molar-refractivity contribution in [3.63, 3.8) is 0 Å². The number of anilines is 2. The summed E-state index contributed by atoms with van der Waals surface area (Å²) in [6, 6.07) is 18.5. The summed E-state index contributed by atoms with van der Waals surface area (Å²) >= 11 is 1.65. The molecule has 0 atom stereocenters. The lowest BCUT2D eigenvalue weighted by molar-refractivity contribution is 1.31. The molecule has 0 fully saturated rings. The number of hydrogen-bond acceptors (Lipinski definition) is 4. The molecule has 106 valence electrons. The van der Waals surface area contributed by atoms with Gasteiger partial charge in [0.25, 0.3) is 0 Å². The fourth-order valence-electron chi connectivity index (χ4n) is 2.08. The second-order valence-corrected chi connectivity index (χ2v) is 6.11. The Kier molecular flexibility index (Phi) is 3.88. The summed E-state index contributed by atoms with van der Waals surface area (Å²) in [5.74, 6) is 0. The van der Waals surface area contributed by atoms with E-state index in [0.717, 1.165) is 22.1 Å². The Morgan fingerprint density at radius 1 is 0.857 bits per heavy atom. The Morgan fingerprint density at radius 2 is 1.57 bits per heavy atom. The first-order valence-electron chi connectivity index (χ1n) is 6.84. The first-order chi connectivity index (χ1) is 10.2. The maximum Gasteiger partial charge on any atom is 0.202 e. The minimum atomic E-state index is 0.868. The minimum Gasteiger partial charge on any atom is -0.299 e. The zero-order chi connectivity index (χ0) is 14.7. The average molecular weight is 295 g/mol. The summed E-state index contributed by atoms with van der Waals surface area (Å²) in [5.41, 5.74) is 10.8. The van der Waals surface area contributed by atoms with Crippen molar-refractivity contribution in [2.24, 2.45) is 0 Å². The fourth-order valence-corrected chi connectivity index (χ4v) is 2.87. The van der Waals surface area contributed by atoms with E-state index in [4.69, 9.17) is 0 Å². The van der Waals surface area contributed by atoms with Crippen LogP contribution in [0.15, 0.2) is 54.6 Å². The van der Waals surface area contributed by atoms with Crippen LogP contribution in [-0.4, -0.2) is 4.98 Å². The standard InChI is InChI=1S/C17H17N3S/c1-12-8-10-14(11-9-12)16-13(2)21-17(18-16)20-19-15-6-4-3-5-7-15/h3-11,19H,1-2H3,(H,18,20). The lowest BCUT2D eigenvalue weighted by Gasteiger charge is -2.05. The van der Waals surface area contributed by atoms with Crippen LogP contribution in [0.2, 0.25) is 0 Å². The van der Waals surface area contributed by atoms with Crippen LogP contribution in [0.4, 0.5) is 10.8 Å². The lowest BCUT2D eigenvalue weighted by atomic mass is 10.1. The highest BCUT2D eigenvalue weighted by atomic mass is 32.1. The predicted octanol–water partition coefficient (Wildman–Crippen LogP) is 4.87. The second kappa shape index (κ2) is 5.97. The molecule has 0 saturated carbocycles. The van der Waals surface area contributed by atoms with Crippen molar-refractivity contribution >= 4 is 22.2 Å². The third kappa shape index (κ3) is 3.23. The fraction of sp³-hybridized carbons (Fsp3) is 0.118. The molecule has 0 amide bonds. The number of thiazole rings is 1. The average Bonchev–Trinajstić information content (AvgIpc) is 2.88. The molecular weight excluding hydrogens is 278 g/mol. The van der Waals surface area contributed by atoms with Crippen molar-refractivity contribution in [2.75, 3.05) is 10.9 Å². The second-order valence-electron chi connectivity index (χ2n) is 4.91. The number of nitrogens with one attached hydrogen (secondary N) is 2. The van der Waals surface area contributed by atoms with Gasteiger partial charge in [-0.05, 0) is 26.0 Å². The molecule has 1 aromatic heterocycles. The maximum absolute atomic E-state index is 4.67. The van der Waals surface area contributed by atoms with Gasteiger partial charge in [0, 0.05) is 10.4 Å². The first-order valence-corrected chi connectivity index (χ1v) is 7.65. The summed E-state index contributed by atoms with van der Waals surface area (Å²) < 4.78 is 0. The van der Waals surface area contributed by atoms with Gasteiger partial charge in [-0.1, -0.05) is 48.0 Å². The van der Waals surface area contributed by atoms with E-state index in [2.05, 4.69) is 53.9 Å². The van der Waals surface area contributed by atoms with Crippen LogP contribution < -0.4 is 10.9 Å². The van der Waals surface area contributed by atoms with E-state index in [9.17, 15) is 0 Å². The van der Waals surface area contributed by atoms with Crippen LogP contribution in [0.25, 0.3) is 11.3 Å². The molecule has 0 aliphatic heterocycles. The molecular formula is C17H17N3S. The van der Waals surface area contributed by atoms with Crippen LogP contribution in [0.3, 0.4) is 0 Å². The summed E-state index contributed by atoms with van der Waals surface area (Å²) in [6.07, 6.45) is 0. The van der Waals surface area contributed by atoms with Crippen molar-refractivity contribution in [3.05, 3.63) is 65.0 Å². The Bertz CT molecular complexity index is 718. The highest BCUT2D eigenvalue weighted by Gasteiger charge is 2.09. The van der Waals surface area contributed by atoms with Crippen molar-refractivity contribution < 1.29 is 0 Å². The van der Waals surface area contributed by atoms with Gasteiger partial charge in [0.1, 0.15) is 0 Å². The van der Waals surface area contributed by atoms with Gasteiger partial charge in [0.2, 0.25) is 5.13 Å².